The quantitative estimate of drug-likeness (QED) is 0.802. The number of aromatic amines is 1. The first-order chi connectivity index (χ1) is 9.38. The van der Waals surface area contributed by atoms with Gasteiger partial charge >= 0.3 is 5.97 Å². The molecule has 0 aliphatic heterocycles. The molecule has 0 bridgehead atoms. The first-order valence-electron chi connectivity index (χ1n) is 5.58. The lowest BCUT2D eigenvalue weighted by atomic mass is 10.2. The Morgan fingerprint density at radius 2 is 2.05 bits per heavy atom. The van der Waals surface area contributed by atoms with Crippen LogP contribution in [0.25, 0.3) is 0 Å². The molecule has 2 aromatic rings. The number of aromatic carboxylic acids is 1. The molecule has 0 unspecified atom stereocenters. The minimum atomic E-state index is -1.19. The maximum Gasteiger partial charge on any atom is 0.354 e. The fourth-order valence-corrected chi connectivity index (χ4v) is 2.14. The molecule has 1 amide bonds. The van der Waals surface area contributed by atoms with Crippen LogP contribution in [0.2, 0.25) is 0 Å². The summed E-state index contributed by atoms with van der Waals surface area (Å²) in [5.74, 6) is -2.34. The topological polar surface area (TPSA) is 82.2 Å². The fraction of sp³-hybridized carbons (Fsp3) is 0.0769. The van der Waals surface area contributed by atoms with Gasteiger partial charge in [-0.05, 0) is 47.1 Å². The van der Waals surface area contributed by atoms with E-state index in [4.69, 9.17) is 5.11 Å². The van der Waals surface area contributed by atoms with Crippen molar-refractivity contribution in [3.63, 3.8) is 0 Å². The van der Waals surface area contributed by atoms with Crippen molar-refractivity contribution in [2.75, 3.05) is 5.32 Å². The minimum absolute atomic E-state index is 0.0835. The Kier molecular flexibility index (Phi) is 3.89. The summed E-state index contributed by atoms with van der Waals surface area (Å²) >= 11 is 3.15. The van der Waals surface area contributed by atoms with Crippen LogP contribution in [0.15, 0.2) is 28.7 Å². The van der Waals surface area contributed by atoms with Crippen molar-refractivity contribution in [3.8, 4) is 0 Å². The standard InChI is InChI=1S/C13H10BrFN2O3/c1-6-4-10(11(16-6)13(19)20)17-12(18)8-5-7(15)2-3-9(8)14/h2-5,16H,1H3,(H,17,18)(H,19,20). The number of halogens is 2. The molecule has 3 N–H and O–H groups in total. The van der Waals surface area contributed by atoms with Gasteiger partial charge in [-0.15, -0.1) is 0 Å². The number of carboxylic acids is 1. The molecule has 5 nitrogen and oxygen atoms in total. The van der Waals surface area contributed by atoms with Crippen molar-refractivity contribution in [2.45, 2.75) is 6.92 Å². The first kappa shape index (κ1) is 14.3. The molecule has 1 aromatic heterocycles. The molecule has 0 atom stereocenters. The third kappa shape index (κ3) is 2.88. The lowest BCUT2D eigenvalue weighted by Crippen LogP contribution is -2.14. The molecule has 104 valence electrons. The van der Waals surface area contributed by atoms with Gasteiger partial charge in [0.05, 0.1) is 11.3 Å². The van der Waals surface area contributed by atoms with E-state index in [1.807, 2.05) is 0 Å². The number of anilines is 1. The molecule has 0 saturated carbocycles. The van der Waals surface area contributed by atoms with Gasteiger partial charge in [0, 0.05) is 10.2 Å². The molecule has 0 fully saturated rings. The summed E-state index contributed by atoms with van der Waals surface area (Å²) in [5, 5.41) is 11.5. The van der Waals surface area contributed by atoms with Gasteiger partial charge in [-0.1, -0.05) is 0 Å². The number of aryl methyl sites for hydroxylation is 1. The van der Waals surface area contributed by atoms with Gasteiger partial charge in [-0.25, -0.2) is 9.18 Å². The Bertz CT molecular complexity index is 697. The Morgan fingerprint density at radius 1 is 1.35 bits per heavy atom. The molecule has 1 heterocycles. The number of amides is 1. The van der Waals surface area contributed by atoms with E-state index in [0.717, 1.165) is 6.07 Å². The zero-order valence-corrected chi connectivity index (χ0v) is 11.9. The summed E-state index contributed by atoms with van der Waals surface area (Å²) in [6.45, 7) is 1.67. The van der Waals surface area contributed by atoms with Crippen LogP contribution >= 0.6 is 15.9 Å². The highest BCUT2D eigenvalue weighted by Gasteiger charge is 2.17. The predicted octanol–water partition coefficient (Wildman–Crippen LogP) is 3.18. The van der Waals surface area contributed by atoms with Crippen LogP contribution in [0.5, 0.6) is 0 Å². The number of nitrogens with one attached hydrogen (secondary N) is 2. The van der Waals surface area contributed by atoms with Crippen LogP contribution in [0.1, 0.15) is 26.5 Å². The van der Waals surface area contributed by atoms with E-state index in [9.17, 15) is 14.0 Å². The van der Waals surface area contributed by atoms with E-state index in [1.54, 1.807) is 6.92 Å². The Labute approximate surface area is 121 Å². The zero-order valence-electron chi connectivity index (χ0n) is 10.3. The highest BCUT2D eigenvalue weighted by Crippen LogP contribution is 2.22. The molecule has 1 aromatic carbocycles. The van der Waals surface area contributed by atoms with Crippen molar-refractivity contribution >= 4 is 33.5 Å². The van der Waals surface area contributed by atoms with E-state index in [0.29, 0.717) is 10.2 Å². The van der Waals surface area contributed by atoms with Crippen molar-refractivity contribution in [1.29, 1.82) is 0 Å². The monoisotopic (exact) mass is 340 g/mol. The number of hydrogen-bond donors (Lipinski definition) is 3. The summed E-state index contributed by atoms with van der Waals surface area (Å²) in [4.78, 5) is 25.7. The smallest absolute Gasteiger partial charge is 0.354 e. The Morgan fingerprint density at radius 3 is 2.70 bits per heavy atom. The third-order valence-corrected chi connectivity index (χ3v) is 3.28. The zero-order chi connectivity index (χ0) is 14.9. The van der Waals surface area contributed by atoms with Crippen molar-refractivity contribution in [2.24, 2.45) is 0 Å². The molecular weight excluding hydrogens is 331 g/mol. The SMILES string of the molecule is Cc1cc(NC(=O)c2cc(F)ccc2Br)c(C(=O)O)[nH]1. The van der Waals surface area contributed by atoms with Crippen molar-refractivity contribution < 1.29 is 19.1 Å². The number of carbonyl (C=O) groups is 2. The number of aromatic nitrogens is 1. The molecule has 0 saturated heterocycles. The normalized spacial score (nSPS) is 10.3. The second kappa shape index (κ2) is 5.46. The van der Waals surface area contributed by atoms with Gasteiger partial charge in [0.1, 0.15) is 11.5 Å². The molecule has 20 heavy (non-hydrogen) atoms. The number of carboxylic acid groups (broad SMARTS) is 1. The van der Waals surface area contributed by atoms with Gasteiger partial charge in [0.2, 0.25) is 0 Å². The van der Waals surface area contributed by atoms with Gasteiger partial charge in [-0.3, -0.25) is 4.79 Å². The lowest BCUT2D eigenvalue weighted by molar-refractivity contribution is 0.0692. The number of carbonyl (C=O) groups excluding carboxylic acids is 1. The summed E-state index contributed by atoms with van der Waals surface area (Å²) in [6.07, 6.45) is 0. The van der Waals surface area contributed by atoms with Gasteiger partial charge in [-0.2, -0.15) is 0 Å². The third-order valence-electron chi connectivity index (χ3n) is 2.59. The van der Waals surface area contributed by atoms with Crippen LogP contribution in [-0.2, 0) is 0 Å². The molecule has 0 spiro atoms. The van der Waals surface area contributed by atoms with E-state index < -0.39 is 17.7 Å². The second-order valence-electron chi connectivity index (χ2n) is 4.12. The molecule has 0 radical (unpaired) electrons. The maximum atomic E-state index is 13.2. The van der Waals surface area contributed by atoms with Crippen LogP contribution in [0.4, 0.5) is 10.1 Å². The van der Waals surface area contributed by atoms with Gasteiger partial charge in [0.25, 0.3) is 5.91 Å². The number of rotatable bonds is 3. The average Bonchev–Trinajstić information content (AvgIpc) is 2.73. The number of H-pyrrole nitrogens is 1. The summed E-state index contributed by atoms with van der Waals surface area (Å²) in [6, 6.07) is 5.18. The molecule has 2 rings (SSSR count). The number of benzene rings is 1. The largest absolute Gasteiger partial charge is 0.477 e. The summed E-state index contributed by atoms with van der Waals surface area (Å²) in [5.41, 5.74) is 0.690. The van der Waals surface area contributed by atoms with E-state index in [1.165, 1.54) is 18.2 Å². The second-order valence-corrected chi connectivity index (χ2v) is 4.98. The summed E-state index contributed by atoms with van der Waals surface area (Å²) < 4.78 is 13.6. The average molecular weight is 341 g/mol. The minimum Gasteiger partial charge on any atom is -0.477 e. The van der Waals surface area contributed by atoms with Gasteiger partial charge < -0.3 is 15.4 Å². The van der Waals surface area contributed by atoms with Crippen LogP contribution in [0, 0.1) is 12.7 Å². The van der Waals surface area contributed by atoms with Crippen LogP contribution in [-0.4, -0.2) is 22.0 Å². The van der Waals surface area contributed by atoms with E-state index in [-0.39, 0.29) is 16.9 Å². The van der Waals surface area contributed by atoms with Crippen LogP contribution in [0.3, 0.4) is 0 Å². The Balaban J connectivity index is 2.32. The maximum absolute atomic E-state index is 13.2. The molecular formula is C13H10BrFN2O3. The highest BCUT2D eigenvalue weighted by molar-refractivity contribution is 9.10. The molecule has 0 aliphatic carbocycles. The van der Waals surface area contributed by atoms with E-state index in [2.05, 4.69) is 26.2 Å². The fourth-order valence-electron chi connectivity index (χ4n) is 1.72. The van der Waals surface area contributed by atoms with Crippen LogP contribution < -0.4 is 5.32 Å². The Hall–Kier alpha value is -2.15. The highest BCUT2D eigenvalue weighted by atomic mass is 79.9. The van der Waals surface area contributed by atoms with Crippen molar-refractivity contribution in [3.05, 3.63) is 51.5 Å². The first-order valence-corrected chi connectivity index (χ1v) is 6.37. The molecule has 0 aliphatic rings. The van der Waals surface area contributed by atoms with E-state index >= 15 is 0 Å². The summed E-state index contributed by atoms with van der Waals surface area (Å²) in [7, 11) is 0. The van der Waals surface area contributed by atoms with Crippen molar-refractivity contribution in [1.82, 2.24) is 4.98 Å². The number of hydrogen-bond acceptors (Lipinski definition) is 2. The lowest BCUT2D eigenvalue weighted by Gasteiger charge is -2.06. The predicted molar refractivity (Wildman–Crippen MR) is 74.5 cm³/mol. The van der Waals surface area contributed by atoms with Gasteiger partial charge in [0.15, 0.2) is 0 Å². The molecule has 7 heteroatoms.